The smallest absolute Gasteiger partial charge is 0.173 e. The van der Waals surface area contributed by atoms with E-state index in [-0.39, 0.29) is 12.4 Å². The highest BCUT2D eigenvalue weighted by atomic mass is 79.9. The first-order chi connectivity index (χ1) is 15.0. The second-order valence-electron chi connectivity index (χ2n) is 6.75. The maximum Gasteiger partial charge on any atom is 0.173 e. The third-order valence-electron chi connectivity index (χ3n) is 4.75. The molecule has 0 spiro atoms. The van der Waals surface area contributed by atoms with Crippen LogP contribution in [-0.2, 0) is 13.0 Å². The standard InChI is InChI=1S/C16H15BrN2O.C8H6Br2O/c1-2-11-7-8-19-14(10-20)16(18-15(19)9-11)12-3-5-13(17)6-4-12;9-5-8(11)6-1-3-7(10)4-2-6/h3-9,20H,2,10H2,1H3;1-4H,5H2. The Labute approximate surface area is 206 Å². The lowest BCUT2D eigenvalue weighted by molar-refractivity contribution is 0.102. The number of fused-ring (bicyclic) bond motifs is 1. The maximum absolute atomic E-state index is 11.1. The summed E-state index contributed by atoms with van der Waals surface area (Å²) < 4.78 is 3.98. The van der Waals surface area contributed by atoms with Crippen LogP contribution in [0.15, 0.2) is 75.8 Å². The number of aliphatic hydroxyl groups excluding tert-OH is 1. The molecule has 1 N–H and O–H groups in total. The van der Waals surface area contributed by atoms with Crippen molar-refractivity contribution in [1.82, 2.24) is 9.38 Å². The van der Waals surface area contributed by atoms with Crippen LogP contribution in [0.25, 0.3) is 16.9 Å². The summed E-state index contributed by atoms with van der Waals surface area (Å²) in [5, 5.41) is 10.1. The van der Waals surface area contributed by atoms with Crippen LogP contribution in [0.4, 0.5) is 0 Å². The fraction of sp³-hybridized carbons (Fsp3) is 0.167. The highest BCUT2D eigenvalue weighted by Gasteiger charge is 2.13. The van der Waals surface area contributed by atoms with Crippen LogP contribution in [0.5, 0.6) is 0 Å². The quantitative estimate of drug-likeness (QED) is 0.199. The minimum Gasteiger partial charge on any atom is -0.390 e. The van der Waals surface area contributed by atoms with Gasteiger partial charge in [-0.2, -0.15) is 0 Å². The van der Waals surface area contributed by atoms with Crippen molar-refractivity contribution >= 4 is 59.2 Å². The number of rotatable bonds is 5. The van der Waals surface area contributed by atoms with E-state index in [1.165, 1.54) is 5.56 Å². The van der Waals surface area contributed by atoms with Gasteiger partial charge in [0.2, 0.25) is 0 Å². The highest BCUT2D eigenvalue weighted by Crippen LogP contribution is 2.26. The number of nitrogens with zero attached hydrogens (tertiary/aromatic N) is 2. The van der Waals surface area contributed by atoms with Crippen molar-refractivity contribution in [3.8, 4) is 11.3 Å². The first kappa shape index (κ1) is 23.9. The fourth-order valence-corrected chi connectivity index (χ4v) is 3.91. The molecule has 4 aromatic rings. The van der Waals surface area contributed by atoms with Crippen LogP contribution >= 0.6 is 47.8 Å². The summed E-state index contributed by atoms with van der Waals surface area (Å²) in [5.74, 6) is 0.109. The van der Waals surface area contributed by atoms with Gasteiger partial charge in [0.15, 0.2) is 5.78 Å². The molecule has 0 aliphatic heterocycles. The molecule has 2 aromatic heterocycles. The van der Waals surface area contributed by atoms with Gasteiger partial charge < -0.3 is 9.51 Å². The van der Waals surface area contributed by atoms with Crippen molar-refractivity contribution in [2.45, 2.75) is 20.0 Å². The zero-order valence-electron chi connectivity index (χ0n) is 16.9. The summed E-state index contributed by atoms with van der Waals surface area (Å²) in [5.41, 5.74) is 5.54. The predicted octanol–water partition coefficient (Wildman–Crippen LogP) is 6.85. The molecule has 0 unspecified atom stereocenters. The highest BCUT2D eigenvalue weighted by molar-refractivity contribution is 9.10. The van der Waals surface area contributed by atoms with Gasteiger partial charge >= 0.3 is 0 Å². The molecule has 0 fully saturated rings. The average Bonchev–Trinajstić information content (AvgIpc) is 3.17. The maximum atomic E-state index is 11.1. The molecule has 0 bridgehead atoms. The Hall–Kier alpha value is -1.80. The second-order valence-corrected chi connectivity index (χ2v) is 9.14. The largest absolute Gasteiger partial charge is 0.390 e. The molecule has 0 aliphatic rings. The van der Waals surface area contributed by atoms with E-state index in [0.717, 1.165) is 43.5 Å². The Morgan fingerprint density at radius 2 is 1.61 bits per heavy atom. The van der Waals surface area contributed by atoms with E-state index in [1.807, 2.05) is 47.0 Å². The number of aromatic nitrogens is 2. The van der Waals surface area contributed by atoms with Crippen LogP contribution in [0, 0.1) is 0 Å². The Morgan fingerprint density at radius 3 is 2.16 bits per heavy atom. The van der Waals surface area contributed by atoms with E-state index >= 15 is 0 Å². The molecule has 31 heavy (non-hydrogen) atoms. The number of ketones is 1. The number of halogens is 3. The molecule has 0 saturated carbocycles. The number of benzene rings is 2. The van der Waals surface area contributed by atoms with E-state index in [1.54, 1.807) is 12.1 Å². The number of alkyl halides is 1. The molecule has 2 aromatic carbocycles. The van der Waals surface area contributed by atoms with Crippen molar-refractivity contribution in [3.05, 3.63) is 92.6 Å². The first-order valence-corrected chi connectivity index (χ1v) is 12.4. The van der Waals surface area contributed by atoms with Crippen LogP contribution in [-0.4, -0.2) is 25.6 Å². The van der Waals surface area contributed by atoms with Crippen LogP contribution in [0.3, 0.4) is 0 Å². The lowest BCUT2D eigenvalue weighted by atomic mass is 10.1. The monoisotopic (exact) mass is 606 g/mol. The summed E-state index contributed by atoms with van der Waals surface area (Å²) >= 11 is 9.83. The molecule has 160 valence electrons. The number of aryl methyl sites for hydroxylation is 1. The SMILES string of the molecule is CCc1ccn2c(CO)c(-c3ccc(Br)cc3)nc2c1.O=C(CBr)c1ccc(Br)cc1. The van der Waals surface area contributed by atoms with E-state index in [2.05, 4.69) is 71.8 Å². The summed E-state index contributed by atoms with van der Waals surface area (Å²) in [6.07, 6.45) is 2.96. The van der Waals surface area contributed by atoms with Crippen molar-refractivity contribution < 1.29 is 9.90 Å². The molecule has 0 aliphatic carbocycles. The summed E-state index contributed by atoms with van der Waals surface area (Å²) in [6.45, 7) is 2.09. The summed E-state index contributed by atoms with van der Waals surface area (Å²) in [6, 6.07) is 19.4. The fourth-order valence-electron chi connectivity index (χ4n) is 3.06. The van der Waals surface area contributed by atoms with Gasteiger partial charge in [-0.3, -0.25) is 4.79 Å². The van der Waals surface area contributed by atoms with Gasteiger partial charge in [-0.1, -0.05) is 79.0 Å². The van der Waals surface area contributed by atoms with Crippen LogP contribution in [0.2, 0.25) is 0 Å². The first-order valence-electron chi connectivity index (χ1n) is 9.68. The lowest BCUT2D eigenvalue weighted by Gasteiger charge is -2.02. The number of pyridine rings is 1. The minimum absolute atomic E-state index is 0.0297. The van der Waals surface area contributed by atoms with Gasteiger partial charge in [0.1, 0.15) is 5.65 Å². The number of imidazole rings is 1. The van der Waals surface area contributed by atoms with Gasteiger partial charge in [0, 0.05) is 26.3 Å². The van der Waals surface area contributed by atoms with E-state index in [9.17, 15) is 9.90 Å². The van der Waals surface area contributed by atoms with Gasteiger partial charge in [0.05, 0.1) is 23.3 Å². The second kappa shape index (κ2) is 11.2. The summed E-state index contributed by atoms with van der Waals surface area (Å²) in [7, 11) is 0. The number of carbonyl (C=O) groups is 1. The van der Waals surface area contributed by atoms with E-state index < -0.39 is 0 Å². The van der Waals surface area contributed by atoms with E-state index in [0.29, 0.717) is 5.33 Å². The Morgan fingerprint density at radius 1 is 1.00 bits per heavy atom. The van der Waals surface area contributed by atoms with Gasteiger partial charge in [-0.15, -0.1) is 0 Å². The topological polar surface area (TPSA) is 54.6 Å². The van der Waals surface area contributed by atoms with Crippen molar-refractivity contribution in [2.75, 3.05) is 5.33 Å². The van der Waals surface area contributed by atoms with Crippen LogP contribution < -0.4 is 0 Å². The van der Waals surface area contributed by atoms with Crippen molar-refractivity contribution in [1.29, 1.82) is 0 Å². The average molecular weight is 609 g/mol. The normalized spacial score (nSPS) is 10.6. The zero-order valence-corrected chi connectivity index (χ0v) is 21.6. The molecule has 4 rings (SSSR count). The number of carbonyl (C=O) groups excluding carboxylic acids is 1. The molecular formula is C24H21Br3N2O2. The van der Waals surface area contributed by atoms with Gasteiger partial charge in [-0.05, 0) is 48.4 Å². The molecule has 0 amide bonds. The minimum atomic E-state index is -0.0297. The number of Topliss-reactive ketones (excluding diaryl/α,β-unsaturated/α-hetero) is 1. The van der Waals surface area contributed by atoms with Crippen LogP contribution in [0.1, 0.15) is 28.5 Å². The number of hydrogen-bond acceptors (Lipinski definition) is 3. The molecule has 7 heteroatoms. The van der Waals surface area contributed by atoms with Gasteiger partial charge in [-0.25, -0.2) is 4.98 Å². The lowest BCUT2D eigenvalue weighted by Crippen LogP contribution is -1.98. The zero-order chi connectivity index (χ0) is 22.4. The number of aliphatic hydroxyl groups is 1. The molecule has 0 atom stereocenters. The molecule has 2 heterocycles. The Balaban J connectivity index is 0.000000210. The Kier molecular flexibility index (Phi) is 8.60. The van der Waals surface area contributed by atoms with Crippen molar-refractivity contribution in [3.63, 3.8) is 0 Å². The molecular weight excluding hydrogens is 588 g/mol. The molecule has 4 nitrogen and oxygen atoms in total. The van der Waals surface area contributed by atoms with Crippen molar-refractivity contribution in [2.24, 2.45) is 0 Å². The van der Waals surface area contributed by atoms with Gasteiger partial charge in [0.25, 0.3) is 0 Å². The summed E-state index contributed by atoms with van der Waals surface area (Å²) in [4.78, 5) is 15.7. The molecule has 0 radical (unpaired) electrons. The number of hydrogen-bond donors (Lipinski definition) is 1. The van der Waals surface area contributed by atoms with E-state index in [4.69, 9.17) is 0 Å². The molecule has 0 saturated heterocycles. The third-order valence-corrected chi connectivity index (χ3v) is 6.32. The Bertz CT molecular complexity index is 1170. The third kappa shape index (κ3) is 5.92. The predicted molar refractivity (Wildman–Crippen MR) is 136 cm³/mol.